The number of pyridine rings is 1. The number of rotatable bonds is 6. The van der Waals surface area contributed by atoms with Crippen LogP contribution in [0.1, 0.15) is 48.9 Å². The summed E-state index contributed by atoms with van der Waals surface area (Å²) in [6, 6.07) is 2.32. The smallest absolute Gasteiger partial charge is 0.326 e. The van der Waals surface area contributed by atoms with Crippen LogP contribution >= 0.6 is 0 Å². The Morgan fingerprint density at radius 1 is 1.24 bits per heavy atom. The third kappa shape index (κ3) is 4.69. The number of nitrogens with one attached hydrogen (secondary N) is 1. The van der Waals surface area contributed by atoms with Gasteiger partial charge in [0, 0.05) is 24.8 Å². The number of nitrogens with zero attached hydrogens (tertiary/aromatic N) is 1. The normalized spacial score (nSPS) is 22.3. The average molecular weight is 348 g/mol. The molecule has 0 bridgehead atoms. The van der Waals surface area contributed by atoms with Gasteiger partial charge < -0.3 is 19.9 Å². The van der Waals surface area contributed by atoms with Crippen LogP contribution < -0.4 is 10.1 Å². The minimum atomic E-state index is -1.04. The second-order valence-electron chi connectivity index (χ2n) is 6.68. The van der Waals surface area contributed by atoms with Gasteiger partial charge in [-0.05, 0) is 44.6 Å². The van der Waals surface area contributed by atoms with Gasteiger partial charge in [-0.3, -0.25) is 4.79 Å². The molecule has 3 rings (SSSR count). The van der Waals surface area contributed by atoms with Gasteiger partial charge in [-0.2, -0.15) is 0 Å². The van der Waals surface area contributed by atoms with Crippen LogP contribution in [0.5, 0.6) is 5.88 Å². The molecule has 0 radical (unpaired) electrons. The summed E-state index contributed by atoms with van der Waals surface area (Å²) in [6.45, 7) is 0.993. The zero-order chi connectivity index (χ0) is 17.6. The first-order valence-corrected chi connectivity index (χ1v) is 8.87. The van der Waals surface area contributed by atoms with E-state index in [4.69, 9.17) is 9.47 Å². The standard InChI is InChI=1S/C18H24N2O5/c21-17(20-16(18(22)23)13-4-3-9-24-11-13)12-7-8-15(19-10-12)25-14-5-1-2-6-14/h7-8,10,13-14,16H,1-6,9,11H2,(H,20,21)(H,22,23). The lowest BCUT2D eigenvalue weighted by Crippen LogP contribution is -2.48. The van der Waals surface area contributed by atoms with Crippen LogP contribution in [0.15, 0.2) is 18.3 Å². The molecule has 0 aromatic carbocycles. The molecule has 7 heteroatoms. The SMILES string of the molecule is O=C(NC(C(=O)O)C1CCCOC1)c1ccc(OC2CCCC2)nc1. The Bertz CT molecular complexity index is 592. The Hall–Kier alpha value is -2.15. The van der Waals surface area contributed by atoms with Crippen LogP contribution in [0.2, 0.25) is 0 Å². The van der Waals surface area contributed by atoms with Crippen molar-refractivity contribution >= 4 is 11.9 Å². The third-order valence-corrected chi connectivity index (χ3v) is 4.81. The fourth-order valence-corrected chi connectivity index (χ4v) is 3.40. The molecule has 1 saturated carbocycles. The van der Waals surface area contributed by atoms with Crippen molar-refractivity contribution < 1.29 is 24.2 Å². The van der Waals surface area contributed by atoms with Gasteiger partial charge >= 0.3 is 5.97 Å². The van der Waals surface area contributed by atoms with E-state index in [9.17, 15) is 14.7 Å². The molecule has 2 N–H and O–H groups in total. The zero-order valence-electron chi connectivity index (χ0n) is 14.1. The lowest BCUT2D eigenvalue weighted by atomic mass is 9.93. The minimum Gasteiger partial charge on any atom is -0.480 e. The first-order valence-electron chi connectivity index (χ1n) is 8.87. The molecule has 25 heavy (non-hydrogen) atoms. The van der Waals surface area contributed by atoms with E-state index in [-0.39, 0.29) is 12.0 Å². The van der Waals surface area contributed by atoms with Crippen molar-refractivity contribution in [2.24, 2.45) is 5.92 Å². The van der Waals surface area contributed by atoms with Crippen molar-refractivity contribution in [1.29, 1.82) is 0 Å². The number of carboxylic acid groups (broad SMARTS) is 1. The van der Waals surface area contributed by atoms with Crippen molar-refractivity contribution in [1.82, 2.24) is 10.3 Å². The summed E-state index contributed by atoms with van der Waals surface area (Å²) >= 11 is 0. The van der Waals surface area contributed by atoms with E-state index in [1.807, 2.05) is 0 Å². The molecule has 2 fully saturated rings. The summed E-state index contributed by atoms with van der Waals surface area (Å²) in [5.41, 5.74) is 0.321. The lowest BCUT2D eigenvalue weighted by molar-refractivity contribution is -0.142. The monoisotopic (exact) mass is 348 g/mol. The number of amides is 1. The van der Waals surface area contributed by atoms with Gasteiger partial charge in [-0.15, -0.1) is 0 Å². The molecule has 1 aromatic heterocycles. The van der Waals surface area contributed by atoms with Gasteiger partial charge in [-0.25, -0.2) is 9.78 Å². The predicted octanol–water partition coefficient (Wildman–Crippen LogP) is 2.01. The van der Waals surface area contributed by atoms with E-state index in [2.05, 4.69) is 10.3 Å². The lowest BCUT2D eigenvalue weighted by Gasteiger charge is -2.28. The molecule has 2 unspecified atom stereocenters. The molecule has 1 amide bonds. The quantitative estimate of drug-likeness (QED) is 0.816. The van der Waals surface area contributed by atoms with E-state index in [1.54, 1.807) is 12.1 Å². The summed E-state index contributed by atoms with van der Waals surface area (Å²) in [6.07, 6.45) is 7.58. The van der Waals surface area contributed by atoms with Gasteiger partial charge in [0.1, 0.15) is 12.1 Å². The number of hydrogen-bond donors (Lipinski definition) is 2. The maximum atomic E-state index is 12.4. The molecule has 1 aliphatic heterocycles. The fraction of sp³-hybridized carbons (Fsp3) is 0.611. The molecule has 136 valence electrons. The van der Waals surface area contributed by atoms with Gasteiger partial charge in [0.15, 0.2) is 0 Å². The summed E-state index contributed by atoms with van der Waals surface area (Å²) in [4.78, 5) is 28.0. The zero-order valence-corrected chi connectivity index (χ0v) is 14.1. The first-order chi connectivity index (χ1) is 12.1. The van der Waals surface area contributed by atoms with Crippen molar-refractivity contribution in [2.45, 2.75) is 50.7 Å². The van der Waals surface area contributed by atoms with Crippen molar-refractivity contribution in [2.75, 3.05) is 13.2 Å². The molecule has 1 aromatic rings. The molecule has 2 aliphatic rings. The molecule has 2 atom stereocenters. The maximum Gasteiger partial charge on any atom is 0.326 e. The first kappa shape index (κ1) is 17.7. The predicted molar refractivity (Wildman–Crippen MR) is 89.6 cm³/mol. The highest BCUT2D eigenvalue weighted by Crippen LogP contribution is 2.23. The van der Waals surface area contributed by atoms with Crippen molar-refractivity contribution in [3.05, 3.63) is 23.9 Å². The molecule has 1 saturated heterocycles. The number of ether oxygens (including phenoxy) is 2. The fourth-order valence-electron chi connectivity index (χ4n) is 3.40. The maximum absolute atomic E-state index is 12.4. The summed E-state index contributed by atoms with van der Waals surface area (Å²) in [7, 11) is 0. The number of carboxylic acids is 1. The molecular weight excluding hydrogens is 324 g/mol. The summed E-state index contributed by atoms with van der Waals surface area (Å²) < 4.78 is 11.1. The topological polar surface area (TPSA) is 97.8 Å². The van der Waals surface area contributed by atoms with Crippen molar-refractivity contribution in [3.8, 4) is 5.88 Å². The molecule has 1 aliphatic carbocycles. The highest BCUT2D eigenvalue weighted by Gasteiger charge is 2.31. The van der Waals surface area contributed by atoms with Gasteiger partial charge in [0.2, 0.25) is 5.88 Å². The van der Waals surface area contributed by atoms with Crippen LogP contribution in [0.25, 0.3) is 0 Å². The Labute approximate surface area is 146 Å². The summed E-state index contributed by atoms with van der Waals surface area (Å²) in [5.74, 6) is -1.21. The largest absolute Gasteiger partial charge is 0.480 e. The van der Waals surface area contributed by atoms with Crippen LogP contribution in [-0.2, 0) is 9.53 Å². The van der Waals surface area contributed by atoms with E-state index in [0.29, 0.717) is 24.7 Å². The van der Waals surface area contributed by atoms with E-state index >= 15 is 0 Å². The van der Waals surface area contributed by atoms with Crippen LogP contribution in [0.3, 0.4) is 0 Å². The van der Waals surface area contributed by atoms with Gasteiger partial charge in [-0.1, -0.05) is 0 Å². The van der Waals surface area contributed by atoms with E-state index < -0.39 is 17.9 Å². The molecule has 0 spiro atoms. The molecule has 7 nitrogen and oxygen atoms in total. The Kier molecular flexibility index (Phi) is 5.86. The Balaban J connectivity index is 1.59. The number of hydrogen-bond acceptors (Lipinski definition) is 5. The average Bonchev–Trinajstić information content (AvgIpc) is 3.13. The van der Waals surface area contributed by atoms with Crippen LogP contribution in [0.4, 0.5) is 0 Å². The third-order valence-electron chi connectivity index (χ3n) is 4.81. The second-order valence-corrected chi connectivity index (χ2v) is 6.68. The van der Waals surface area contributed by atoms with Crippen LogP contribution in [-0.4, -0.2) is 47.3 Å². The van der Waals surface area contributed by atoms with Gasteiger partial charge in [0.25, 0.3) is 5.91 Å². The Morgan fingerprint density at radius 3 is 2.64 bits per heavy atom. The Morgan fingerprint density at radius 2 is 2.04 bits per heavy atom. The van der Waals surface area contributed by atoms with Crippen molar-refractivity contribution in [3.63, 3.8) is 0 Å². The summed E-state index contributed by atoms with van der Waals surface area (Å²) in [5, 5.41) is 12.0. The van der Waals surface area contributed by atoms with Crippen LogP contribution in [0, 0.1) is 5.92 Å². The van der Waals surface area contributed by atoms with E-state index in [0.717, 1.165) is 25.7 Å². The second kappa shape index (κ2) is 8.29. The highest BCUT2D eigenvalue weighted by molar-refractivity contribution is 5.96. The number of aromatic nitrogens is 1. The highest BCUT2D eigenvalue weighted by atomic mass is 16.5. The number of carbonyl (C=O) groups excluding carboxylic acids is 1. The molecule has 2 heterocycles. The minimum absolute atomic E-state index is 0.204. The molecular formula is C18H24N2O5. The number of aliphatic carboxylic acids is 1. The van der Waals surface area contributed by atoms with E-state index in [1.165, 1.54) is 19.0 Å². The van der Waals surface area contributed by atoms with Gasteiger partial charge in [0.05, 0.1) is 12.2 Å². The number of carbonyl (C=O) groups is 2.